The third kappa shape index (κ3) is 18.7. The normalized spacial score (nSPS) is 12.5. The van der Waals surface area contributed by atoms with E-state index in [0.29, 0.717) is 12.2 Å². The number of allylic oxidation sites excluding steroid dienone is 2. The van der Waals surface area contributed by atoms with Crippen molar-refractivity contribution in [3.63, 3.8) is 0 Å². The van der Waals surface area contributed by atoms with Crippen LogP contribution in [0, 0.1) is 5.92 Å². The molecular formula is C25H45ClO2. The standard InChI is InChI=1S/C25H45ClO2/c1-2-3-4-5-6-7-8-9-10-11-12-13-14-17-20-24(25(28)23-27)21-18-15-16-19-22-26/h9-10,23-24H,2-8,11-22H2,1H3/b10-9-. The molecule has 2 nitrogen and oxygen atoms in total. The molecule has 0 N–H and O–H groups in total. The molecule has 0 aliphatic rings. The van der Waals surface area contributed by atoms with E-state index >= 15 is 0 Å². The number of carbonyl (C=O) groups excluding carboxylic acids is 2. The number of rotatable bonds is 22. The number of hydrogen-bond acceptors (Lipinski definition) is 2. The van der Waals surface area contributed by atoms with Crippen molar-refractivity contribution in [3.05, 3.63) is 12.2 Å². The average Bonchev–Trinajstić information content (AvgIpc) is 2.71. The summed E-state index contributed by atoms with van der Waals surface area (Å²) < 4.78 is 0. The van der Waals surface area contributed by atoms with Crippen molar-refractivity contribution >= 4 is 23.7 Å². The summed E-state index contributed by atoms with van der Waals surface area (Å²) in [6.45, 7) is 2.26. The van der Waals surface area contributed by atoms with E-state index in [-0.39, 0.29) is 11.7 Å². The highest BCUT2D eigenvalue weighted by Gasteiger charge is 2.16. The minimum atomic E-state index is -0.199. The van der Waals surface area contributed by atoms with Crippen LogP contribution in [0.5, 0.6) is 0 Å². The van der Waals surface area contributed by atoms with Gasteiger partial charge in [0.2, 0.25) is 0 Å². The Hall–Kier alpha value is -0.630. The molecule has 0 aliphatic carbocycles. The van der Waals surface area contributed by atoms with Gasteiger partial charge in [-0.1, -0.05) is 89.7 Å². The summed E-state index contributed by atoms with van der Waals surface area (Å²) in [5.74, 6) is 0.464. The molecule has 0 bridgehead atoms. The Labute approximate surface area is 179 Å². The van der Waals surface area contributed by atoms with Crippen LogP contribution in [-0.2, 0) is 9.59 Å². The molecule has 1 atom stereocenters. The maximum atomic E-state index is 11.8. The molecule has 0 spiro atoms. The first-order valence-electron chi connectivity index (χ1n) is 12.0. The van der Waals surface area contributed by atoms with Crippen LogP contribution in [0.3, 0.4) is 0 Å². The Kier molecular flexibility index (Phi) is 22.1. The van der Waals surface area contributed by atoms with Crippen molar-refractivity contribution < 1.29 is 9.59 Å². The van der Waals surface area contributed by atoms with Crippen LogP contribution in [0.4, 0.5) is 0 Å². The Morgan fingerprint density at radius 1 is 0.714 bits per heavy atom. The van der Waals surface area contributed by atoms with Crippen LogP contribution >= 0.6 is 11.6 Å². The quantitative estimate of drug-likeness (QED) is 0.0589. The van der Waals surface area contributed by atoms with Crippen molar-refractivity contribution in [3.8, 4) is 0 Å². The SMILES string of the molecule is CCCCCCCC/C=C\CCCCCCC(CCCCCCCl)C(=O)C=O. The molecule has 0 radical (unpaired) electrons. The van der Waals surface area contributed by atoms with Gasteiger partial charge in [-0.25, -0.2) is 0 Å². The molecular weight excluding hydrogens is 368 g/mol. The molecule has 1 unspecified atom stereocenters. The zero-order chi connectivity index (χ0) is 20.7. The molecule has 3 heteroatoms. The Morgan fingerprint density at radius 2 is 1.18 bits per heavy atom. The van der Waals surface area contributed by atoms with E-state index in [2.05, 4.69) is 19.1 Å². The van der Waals surface area contributed by atoms with Crippen molar-refractivity contribution in [2.45, 2.75) is 122 Å². The minimum absolute atomic E-state index is 0.0503. The minimum Gasteiger partial charge on any atom is -0.295 e. The second-order valence-electron chi connectivity index (χ2n) is 8.13. The van der Waals surface area contributed by atoms with Crippen LogP contribution in [0.2, 0.25) is 0 Å². The van der Waals surface area contributed by atoms with Crippen LogP contribution in [0.15, 0.2) is 12.2 Å². The van der Waals surface area contributed by atoms with Gasteiger partial charge >= 0.3 is 0 Å². The number of ketones is 1. The first-order valence-corrected chi connectivity index (χ1v) is 12.5. The van der Waals surface area contributed by atoms with Crippen molar-refractivity contribution in [1.29, 1.82) is 0 Å². The fourth-order valence-electron chi connectivity index (χ4n) is 3.65. The predicted molar refractivity (Wildman–Crippen MR) is 123 cm³/mol. The number of carbonyl (C=O) groups is 2. The van der Waals surface area contributed by atoms with Crippen LogP contribution in [0.25, 0.3) is 0 Å². The van der Waals surface area contributed by atoms with Gasteiger partial charge < -0.3 is 0 Å². The summed E-state index contributed by atoms with van der Waals surface area (Å²) in [6, 6.07) is 0. The molecule has 0 heterocycles. The number of halogens is 1. The molecule has 0 aromatic carbocycles. The Balaban J connectivity index is 3.59. The largest absolute Gasteiger partial charge is 0.295 e. The molecule has 0 aliphatic heterocycles. The molecule has 28 heavy (non-hydrogen) atoms. The fraction of sp³-hybridized carbons (Fsp3) is 0.840. The van der Waals surface area contributed by atoms with E-state index in [4.69, 9.17) is 11.6 Å². The van der Waals surface area contributed by atoms with Crippen LogP contribution in [-0.4, -0.2) is 17.9 Å². The highest BCUT2D eigenvalue weighted by Crippen LogP contribution is 2.19. The van der Waals surface area contributed by atoms with Gasteiger partial charge in [0.05, 0.1) is 0 Å². The lowest BCUT2D eigenvalue weighted by molar-refractivity contribution is -0.132. The molecule has 0 saturated carbocycles. The molecule has 0 aromatic heterocycles. The van der Waals surface area contributed by atoms with E-state index in [9.17, 15) is 9.59 Å². The van der Waals surface area contributed by atoms with E-state index in [1.165, 1.54) is 70.6 Å². The highest BCUT2D eigenvalue weighted by atomic mass is 35.5. The van der Waals surface area contributed by atoms with Crippen LogP contribution < -0.4 is 0 Å². The molecule has 0 amide bonds. The fourth-order valence-corrected chi connectivity index (χ4v) is 3.84. The highest BCUT2D eigenvalue weighted by molar-refractivity contribution is 6.25. The second kappa shape index (κ2) is 22.7. The Bertz CT molecular complexity index is 379. The third-order valence-corrected chi connectivity index (χ3v) is 5.79. The summed E-state index contributed by atoms with van der Waals surface area (Å²) in [5, 5.41) is 0. The number of alkyl halides is 1. The summed E-state index contributed by atoms with van der Waals surface area (Å²) in [7, 11) is 0. The first-order chi connectivity index (χ1) is 13.8. The van der Waals surface area contributed by atoms with Crippen LogP contribution in [0.1, 0.15) is 122 Å². The third-order valence-electron chi connectivity index (χ3n) is 5.52. The average molecular weight is 413 g/mol. The molecule has 0 saturated heterocycles. The lowest BCUT2D eigenvalue weighted by atomic mass is 9.91. The molecule has 0 aromatic rings. The van der Waals surface area contributed by atoms with Gasteiger partial charge in [-0.15, -0.1) is 11.6 Å². The molecule has 164 valence electrons. The zero-order valence-corrected chi connectivity index (χ0v) is 19.2. The maximum Gasteiger partial charge on any atom is 0.198 e. The van der Waals surface area contributed by atoms with Gasteiger partial charge in [0.15, 0.2) is 12.1 Å². The van der Waals surface area contributed by atoms with Gasteiger partial charge in [0.1, 0.15) is 0 Å². The second-order valence-corrected chi connectivity index (χ2v) is 8.51. The zero-order valence-electron chi connectivity index (χ0n) is 18.4. The summed E-state index contributed by atoms with van der Waals surface area (Å²) >= 11 is 5.68. The summed E-state index contributed by atoms with van der Waals surface area (Å²) in [5.41, 5.74) is 0. The monoisotopic (exact) mass is 412 g/mol. The lowest BCUT2D eigenvalue weighted by Gasteiger charge is -2.12. The summed E-state index contributed by atoms with van der Waals surface area (Å²) in [6.07, 6.45) is 26.5. The topological polar surface area (TPSA) is 34.1 Å². The number of hydrogen-bond donors (Lipinski definition) is 0. The van der Waals surface area contributed by atoms with Gasteiger partial charge in [-0.3, -0.25) is 9.59 Å². The van der Waals surface area contributed by atoms with Crippen molar-refractivity contribution in [1.82, 2.24) is 0 Å². The van der Waals surface area contributed by atoms with Crippen molar-refractivity contribution in [2.24, 2.45) is 5.92 Å². The van der Waals surface area contributed by atoms with Gasteiger partial charge in [0, 0.05) is 11.8 Å². The smallest absolute Gasteiger partial charge is 0.198 e. The van der Waals surface area contributed by atoms with E-state index < -0.39 is 0 Å². The van der Waals surface area contributed by atoms with Gasteiger partial charge in [-0.2, -0.15) is 0 Å². The number of Topliss-reactive ketones (excluding diaryl/α,β-unsaturated/α-hetero) is 1. The van der Waals surface area contributed by atoms with E-state index in [1.807, 2.05) is 0 Å². The lowest BCUT2D eigenvalue weighted by Crippen LogP contribution is -2.15. The maximum absolute atomic E-state index is 11.8. The molecule has 0 rings (SSSR count). The Morgan fingerprint density at radius 3 is 1.68 bits per heavy atom. The number of aldehydes is 1. The van der Waals surface area contributed by atoms with Gasteiger partial charge in [-0.05, 0) is 44.9 Å². The van der Waals surface area contributed by atoms with E-state index in [0.717, 1.165) is 44.9 Å². The van der Waals surface area contributed by atoms with Gasteiger partial charge in [0.25, 0.3) is 0 Å². The number of unbranched alkanes of at least 4 members (excludes halogenated alkanes) is 13. The van der Waals surface area contributed by atoms with E-state index in [1.54, 1.807) is 0 Å². The summed E-state index contributed by atoms with van der Waals surface area (Å²) in [4.78, 5) is 22.7. The predicted octanol–water partition coefficient (Wildman–Crippen LogP) is 8.21. The first kappa shape index (κ1) is 27.4. The van der Waals surface area contributed by atoms with Crippen molar-refractivity contribution in [2.75, 3.05) is 5.88 Å². The molecule has 0 fully saturated rings.